The van der Waals surface area contributed by atoms with Gasteiger partial charge in [0, 0.05) is 54.7 Å². The first-order chi connectivity index (χ1) is 31.6. The molecule has 354 valence electrons. The van der Waals surface area contributed by atoms with E-state index in [1.54, 1.807) is 12.1 Å². The first-order valence-electron chi connectivity index (χ1n) is 23.8. The molecule has 4 heterocycles. The zero-order chi connectivity index (χ0) is 45.6. The molecule has 2 aromatic rings. The summed E-state index contributed by atoms with van der Waals surface area (Å²) in [5.74, 6) is 1.52. The second-order valence-electron chi connectivity index (χ2n) is 21.7. The minimum absolute atomic E-state index is 0.0160. The van der Waals surface area contributed by atoms with Gasteiger partial charge >= 0.3 is 12.3 Å². The Balaban J connectivity index is 0.641. The molecule has 7 N–H and O–H groups in total. The Bertz CT molecular complexity index is 2460. The van der Waals surface area contributed by atoms with Crippen molar-refractivity contribution in [3.05, 3.63) is 46.5 Å². The van der Waals surface area contributed by atoms with E-state index >= 15 is 0 Å². The van der Waals surface area contributed by atoms with Crippen molar-refractivity contribution in [2.24, 2.45) is 11.8 Å². The van der Waals surface area contributed by atoms with Gasteiger partial charge in [0.2, 0.25) is 0 Å². The Morgan fingerprint density at radius 2 is 1.44 bits per heavy atom. The summed E-state index contributed by atoms with van der Waals surface area (Å²) in [5, 5.41) is 79.1. The number of Topliss-reactive ketones (excluding diaryl/α,β-unsaturated/α-hetero) is 1. The summed E-state index contributed by atoms with van der Waals surface area (Å²) in [6.45, 7) is 2.87. The highest BCUT2D eigenvalue weighted by atomic mass is 16.7. The number of ketones is 1. The van der Waals surface area contributed by atoms with Crippen LogP contribution < -0.4 is 18.9 Å². The Morgan fingerprint density at radius 1 is 0.803 bits per heavy atom. The van der Waals surface area contributed by atoms with Crippen molar-refractivity contribution < 1.29 is 78.6 Å². The second kappa shape index (κ2) is 13.8. The largest absolute Gasteiger partial charge is 0.514 e. The van der Waals surface area contributed by atoms with Gasteiger partial charge in [-0.05, 0) is 99.8 Å². The van der Waals surface area contributed by atoms with Crippen molar-refractivity contribution in [3.8, 4) is 23.0 Å². The Hall–Kier alpha value is -4.11. The average molecular weight is 917 g/mol. The van der Waals surface area contributed by atoms with Crippen LogP contribution in [0.2, 0.25) is 0 Å². The number of hydrogen-bond donors (Lipinski definition) is 7. The van der Waals surface area contributed by atoms with Crippen molar-refractivity contribution in [2.45, 2.75) is 159 Å². The summed E-state index contributed by atoms with van der Waals surface area (Å²) >= 11 is 0. The van der Waals surface area contributed by atoms with E-state index in [-0.39, 0.29) is 65.2 Å². The Morgan fingerprint density at radius 3 is 2.11 bits per heavy atom. The second-order valence-corrected chi connectivity index (χ2v) is 21.7. The van der Waals surface area contributed by atoms with Gasteiger partial charge in [0.05, 0.1) is 34.2 Å². The van der Waals surface area contributed by atoms with Crippen LogP contribution in [0.25, 0.3) is 0 Å². The number of carbonyl (C=O) groups excluding carboxylic acids is 3. The average Bonchev–Trinajstić information content (AvgIpc) is 4.15. The molecule has 6 unspecified atom stereocenters. The summed E-state index contributed by atoms with van der Waals surface area (Å²) in [5.41, 5.74) is -1.15. The number of aliphatic hydroxyl groups excluding tert-OH is 5. The minimum atomic E-state index is -2.08. The third-order valence-corrected chi connectivity index (χ3v) is 18.4. The zero-order valence-electron chi connectivity index (χ0n) is 36.5. The van der Waals surface area contributed by atoms with Crippen molar-refractivity contribution in [3.63, 3.8) is 0 Å². The number of likely N-dealkylation sites (tertiary alicyclic amines) is 2. The molecule has 0 amide bonds. The molecule has 11 aliphatic rings. The number of rotatable bonds is 13. The summed E-state index contributed by atoms with van der Waals surface area (Å²) in [6, 6.07) is 6.52. The van der Waals surface area contributed by atoms with Gasteiger partial charge in [-0.15, -0.1) is 0 Å². The van der Waals surface area contributed by atoms with E-state index in [1.165, 1.54) is 12.8 Å². The molecule has 0 aromatic heterocycles. The number of carbonyl (C=O) groups is 3. The molecule has 7 aliphatic carbocycles. The number of benzene rings is 2. The number of fused-ring (bicyclic) bond motifs is 3. The molecule has 0 radical (unpaired) electrons. The normalized spacial score (nSPS) is 40.8. The summed E-state index contributed by atoms with van der Waals surface area (Å²) < 4.78 is 34.0. The zero-order valence-corrected chi connectivity index (χ0v) is 36.5. The fourth-order valence-corrected chi connectivity index (χ4v) is 15.3. The lowest BCUT2D eigenvalue weighted by molar-refractivity contribution is -0.186. The third kappa shape index (κ3) is 5.20. The van der Waals surface area contributed by atoms with Crippen LogP contribution in [0, 0.1) is 11.8 Å². The van der Waals surface area contributed by atoms with E-state index in [9.17, 15) is 50.1 Å². The van der Waals surface area contributed by atoms with Gasteiger partial charge < -0.3 is 64.2 Å². The lowest BCUT2D eigenvalue weighted by Crippen LogP contribution is -2.76. The molecule has 18 heteroatoms. The van der Waals surface area contributed by atoms with Gasteiger partial charge in [-0.2, -0.15) is 0 Å². The van der Waals surface area contributed by atoms with Gasteiger partial charge in [-0.1, -0.05) is 12.1 Å². The first-order valence-corrected chi connectivity index (χ1v) is 23.8. The van der Waals surface area contributed by atoms with E-state index in [0.29, 0.717) is 43.1 Å². The standard InChI is InChI=1S/C48H56N2O16/c1-21-47(59)12-10-27(51)39-45(47)14-26(50(21)16-23-4-5-23)24-6-8-31(37(65-39)33(24)45)63-42(57)61-17-29(53)35(55)36(56)30(54)18-62-43(58)64-32-9-7-25-34-38(32)66-40-28(52)11-13-48(60)41-44(25,19-46(34,40)48)20-49(41)15-22-2-3-22/h6-9,21-23,26,28-30,35-36,39-41,52-56,59-60H,2-5,10-20H2,1H3/t21?,26?,28?,29-,30+,35+,36+,39-,40-,41?,44?,45-,46-,47+,48?/m0/s1. The number of piperidine rings is 1. The van der Waals surface area contributed by atoms with Crippen LogP contribution >= 0.6 is 0 Å². The first kappa shape index (κ1) is 42.0. The van der Waals surface area contributed by atoms with Crippen molar-refractivity contribution in [1.82, 2.24) is 9.80 Å². The van der Waals surface area contributed by atoms with Crippen LogP contribution in [0.4, 0.5) is 9.59 Å². The number of hydrogen-bond acceptors (Lipinski definition) is 18. The molecule has 13 rings (SSSR count). The summed E-state index contributed by atoms with van der Waals surface area (Å²) in [7, 11) is 0. The minimum Gasteiger partial charge on any atom is -0.482 e. The molecule has 18 nitrogen and oxygen atoms in total. The van der Waals surface area contributed by atoms with Crippen LogP contribution in [0.15, 0.2) is 24.3 Å². The lowest BCUT2D eigenvalue weighted by atomic mass is 9.55. The molecule has 4 aliphatic heterocycles. The molecular formula is C48H56N2O16. The monoisotopic (exact) mass is 916 g/mol. The van der Waals surface area contributed by atoms with Gasteiger partial charge in [-0.3, -0.25) is 14.6 Å². The molecule has 66 heavy (non-hydrogen) atoms. The molecule has 3 spiro atoms. The van der Waals surface area contributed by atoms with Gasteiger partial charge in [0.25, 0.3) is 0 Å². The molecule has 7 fully saturated rings. The Labute approximate surface area is 379 Å². The van der Waals surface area contributed by atoms with Crippen molar-refractivity contribution in [1.29, 1.82) is 0 Å². The molecule has 2 saturated heterocycles. The maximum absolute atomic E-state index is 13.4. The van der Waals surface area contributed by atoms with Crippen LogP contribution in [0.1, 0.15) is 99.4 Å². The van der Waals surface area contributed by atoms with Crippen LogP contribution in [0.5, 0.6) is 23.0 Å². The third-order valence-electron chi connectivity index (χ3n) is 18.4. The highest BCUT2D eigenvalue weighted by Gasteiger charge is 2.86. The SMILES string of the molecule is CC1N(CC2CC2)C2C[C@]34c5c2ccc(OC(=O)OC[C@H](O)[C@@H](O)[C@H](O)[C@H](O)COC(=O)Oc2ccc6c7c2O[C@H]2C(O)CCC8(O)C9N(CC%10CC%10)CC69C[C@]728)c5O[C@H]3C(=O)CC[C@@]14O. The van der Waals surface area contributed by atoms with E-state index < -0.39 is 90.3 Å². The lowest BCUT2D eigenvalue weighted by Gasteiger charge is -2.62. The number of aliphatic hydroxyl groups is 7. The van der Waals surface area contributed by atoms with E-state index in [0.717, 1.165) is 49.2 Å². The number of nitrogens with zero attached hydrogens (tertiary/aromatic N) is 2. The highest BCUT2D eigenvalue weighted by molar-refractivity contribution is 5.90. The fraction of sp³-hybridized carbons (Fsp3) is 0.688. The maximum Gasteiger partial charge on any atom is 0.514 e. The summed E-state index contributed by atoms with van der Waals surface area (Å²) in [6.07, 6.45) is -6.03. The van der Waals surface area contributed by atoms with Crippen LogP contribution in [-0.2, 0) is 30.5 Å². The molecule has 4 bridgehead atoms. The molecule has 5 saturated carbocycles. The number of ether oxygens (including phenoxy) is 6. The predicted molar refractivity (Wildman–Crippen MR) is 223 cm³/mol. The summed E-state index contributed by atoms with van der Waals surface area (Å²) in [4.78, 5) is 44.3. The topological polar surface area (TPSA) is 255 Å². The van der Waals surface area contributed by atoms with Crippen molar-refractivity contribution >= 4 is 18.1 Å². The van der Waals surface area contributed by atoms with E-state index in [1.807, 2.05) is 19.1 Å². The van der Waals surface area contributed by atoms with Gasteiger partial charge in [0.15, 0.2) is 34.9 Å². The molecule has 2 aromatic carbocycles. The molecular weight excluding hydrogens is 861 g/mol. The Kier molecular flexibility index (Phi) is 8.78. The quantitative estimate of drug-likeness (QED) is 0.110. The maximum atomic E-state index is 13.4. The van der Waals surface area contributed by atoms with Crippen molar-refractivity contribution in [2.75, 3.05) is 32.8 Å². The predicted octanol–water partition coefficient (Wildman–Crippen LogP) is 1.15. The van der Waals surface area contributed by atoms with E-state index in [2.05, 4.69) is 9.80 Å². The van der Waals surface area contributed by atoms with Crippen LogP contribution in [0.3, 0.4) is 0 Å². The molecule has 15 atom stereocenters. The smallest absolute Gasteiger partial charge is 0.482 e. The van der Waals surface area contributed by atoms with Crippen LogP contribution in [-0.4, -0.2) is 163 Å². The van der Waals surface area contributed by atoms with E-state index in [4.69, 9.17) is 28.4 Å². The van der Waals surface area contributed by atoms with Gasteiger partial charge in [-0.25, -0.2) is 9.59 Å². The van der Waals surface area contributed by atoms with Gasteiger partial charge in [0.1, 0.15) is 43.7 Å². The fourth-order valence-electron chi connectivity index (χ4n) is 15.3. The highest BCUT2D eigenvalue weighted by Crippen LogP contribution is 2.78.